The van der Waals surface area contributed by atoms with Crippen LogP contribution >= 0.6 is 0 Å². The standard InChI is InChI=1S/C9H11NO.C9H9NO/c2*11-9-6-10(7-9)8-4-2-1-3-5-8/h1-5,9,11H,6-7H2;1-5H,6-7H2. The van der Waals surface area contributed by atoms with E-state index in [0.717, 1.165) is 18.8 Å². The quantitative estimate of drug-likeness (QED) is 0.920. The van der Waals surface area contributed by atoms with Crippen molar-refractivity contribution >= 4 is 17.2 Å². The highest BCUT2D eigenvalue weighted by Gasteiger charge is 2.24. The predicted molar refractivity (Wildman–Crippen MR) is 88.3 cm³/mol. The normalized spacial score (nSPS) is 17.2. The Labute approximate surface area is 130 Å². The molecule has 22 heavy (non-hydrogen) atoms. The zero-order chi connectivity index (χ0) is 15.4. The zero-order valence-corrected chi connectivity index (χ0v) is 12.4. The van der Waals surface area contributed by atoms with Crippen LogP contribution in [0.4, 0.5) is 11.4 Å². The summed E-state index contributed by atoms with van der Waals surface area (Å²) < 4.78 is 0. The van der Waals surface area contributed by atoms with Gasteiger partial charge in [-0.2, -0.15) is 0 Å². The van der Waals surface area contributed by atoms with E-state index in [4.69, 9.17) is 5.11 Å². The van der Waals surface area contributed by atoms with Gasteiger partial charge in [-0.15, -0.1) is 0 Å². The van der Waals surface area contributed by atoms with Crippen LogP contribution in [-0.4, -0.2) is 43.2 Å². The molecule has 2 aliphatic heterocycles. The second-order valence-electron chi connectivity index (χ2n) is 5.62. The maximum absolute atomic E-state index is 10.6. The molecule has 1 N–H and O–H groups in total. The van der Waals surface area contributed by atoms with E-state index in [1.807, 2.05) is 48.5 Å². The molecule has 2 heterocycles. The van der Waals surface area contributed by atoms with E-state index in [1.165, 1.54) is 5.69 Å². The number of carbonyl (C=O) groups is 1. The highest BCUT2D eigenvalue weighted by atomic mass is 16.3. The molecule has 0 aliphatic carbocycles. The molecule has 2 fully saturated rings. The van der Waals surface area contributed by atoms with Gasteiger partial charge < -0.3 is 14.9 Å². The Bertz CT molecular complexity index is 601. The largest absolute Gasteiger partial charge is 0.389 e. The van der Waals surface area contributed by atoms with Crippen LogP contribution in [0.15, 0.2) is 60.7 Å². The summed E-state index contributed by atoms with van der Waals surface area (Å²) in [6.45, 7) is 2.74. The Morgan fingerprint density at radius 2 is 1.23 bits per heavy atom. The Kier molecular flexibility index (Phi) is 4.39. The Hall–Kier alpha value is -2.33. The average Bonchev–Trinajstić information content (AvgIpc) is 2.51. The summed E-state index contributed by atoms with van der Waals surface area (Å²) in [5.74, 6) is 0.328. The fourth-order valence-electron chi connectivity index (χ4n) is 2.51. The van der Waals surface area contributed by atoms with Crippen LogP contribution in [0, 0.1) is 0 Å². The average molecular weight is 296 g/mol. The van der Waals surface area contributed by atoms with Crippen molar-refractivity contribution in [1.29, 1.82) is 0 Å². The van der Waals surface area contributed by atoms with Gasteiger partial charge >= 0.3 is 0 Å². The van der Waals surface area contributed by atoms with Crippen molar-refractivity contribution in [3.05, 3.63) is 60.7 Å². The lowest BCUT2D eigenvalue weighted by atomic mass is 10.1. The van der Waals surface area contributed by atoms with Gasteiger partial charge in [0.15, 0.2) is 5.78 Å². The molecule has 0 atom stereocenters. The lowest BCUT2D eigenvalue weighted by Crippen LogP contribution is -2.50. The van der Waals surface area contributed by atoms with E-state index < -0.39 is 0 Å². The molecule has 0 bridgehead atoms. The van der Waals surface area contributed by atoms with Crippen molar-refractivity contribution in [2.75, 3.05) is 36.0 Å². The molecular formula is C18H20N2O2. The van der Waals surface area contributed by atoms with Gasteiger partial charge in [-0.25, -0.2) is 0 Å². The molecule has 0 unspecified atom stereocenters. The van der Waals surface area contributed by atoms with E-state index in [1.54, 1.807) is 0 Å². The third-order valence-electron chi connectivity index (χ3n) is 3.84. The number of rotatable bonds is 2. The number of ketones is 1. The minimum absolute atomic E-state index is 0.116. The highest BCUT2D eigenvalue weighted by molar-refractivity contribution is 5.95. The van der Waals surface area contributed by atoms with Gasteiger partial charge in [0.2, 0.25) is 0 Å². The van der Waals surface area contributed by atoms with Gasteiger partial charge in [0.05, 0.1) is 19.2 Å². The molecule has 2 aliphatic rings. The fraction of sp³-hybridized carbons (Fsp3) is 0.278. The van der Waals surface area contributed by atoms with E-state index in [-0.39, 0.29) is 6.10 Å². The summed E-state index contributed by atoms with van der Waals surface area (Å²) in [6.07, 6.45) is -0.116. The highest BCUT2D eigenvalue weighted by Crippen LogP contribution is 2.19. The SMILES string of the molecule is O=C1CN(c2ccccc2)C1.OC1CN(c2ccccc2)C1. The van der Waals surface area contributed by atoms with Crippen LogP contribution in [0.3, 0.4) is 0 Å². The van der Waals surface area contributed by atoms with E-state index in [0.29, 0.717) is 18.9 Å². The molecule has 4 nitrogen and oxygen atoms in total. The predicted octanol–water partition coefficient (Wildman–Crippen LogP) is 1.94. The summed E-state index contributed by atoms with van der Waals surface area (Å²) in [4.78, 5) is 14.9. The third-order valence-corrected chi connectivity index (χ3v) is 3.84. The van der Waals surface area contributed by atoms with Crippen molar-refractivity contribution in [2.45, 2.75) is 6.10 Å². The van der Waals surface area contributed by atoms with Gasteiger partial charge in [-0.05, 0) is 24.3 Å². The van der Waals surface area contributed by atoms with E-state index in [2.05, 4.69) is 21.9 Å². The van der Waals surface area contributed by atoms with Crippen LogP contribution in [0.2, 0.25) is 0 Å². The Morgan fingerprint density at radius 1 is 0.773 bits per heavy atom. The first kappa shape index (κ1) is 14.6. The molecule has 0 saturated carbocycles. The second-order valence-corrected chi connectivity index (χ2v) is 5.62. The fourth-order valence-corrected chi connectivity index (χ4v) is 2.51. The number of carbonyl (C=O) groups excluding carboxylic acids is 1. The summed E-state index contributed by atoms with van der Waals surface area (Å²) in [5, 5.41) is 9.04. The number of hydrogen-bond acceptors (Lipinski definition) is 4. The summed E-state index contributed by atoms with van der Waals surface area (Å²) in [5.41, 5.74) is 2.35. The number of anilines is 2. The second kappa shape index (κ2) is 6.62. The maximum Gasteiger partial charge on any atom is 0.171 e. The van der Waals surface area contributed by atoms with Crippen LogP contribution in [0.1, 0.15) is 0 Å². The van der Waals surface area contributed by atoms with Gasteiger partial charge in [-0.1, -0.05) is 36.4 Å². The number of aliphatic hydroxyl groups is 1. The topological polar surface area (TPSA) is 43.8 Å². The number of β-amino-alcohol motifs (C(OH)–C–C–N with tert-alkyl or cyclic N) is 1. The lowest BCUT2D eigenvalue weighted by molar-refractivity contribution is -0.119. The molecule has 114 valence electrons. The summed E-state index contributed by atoms with van der Waals surface area (Å²) >= 11 is 0. The van der Waals surface area contributed by atoms with Gasteiger partial charge in [0.25, 0.3) is 0 Å². The number of nitrogens with zero attached hydrogens (tertiary/aromatic N) is 2. The van der Waals surface area contributed by atoms with E-state index in [9.17, 15) is 4.79 Å². The summed E-state index contributed by atoms with van der Waals surface area (Å²) in [6, 6.07) is 20.1. The Morgan fingerprint density at radius 3 is 1.64 bits per heavy atom. The first-order valence-electron chi connectivity index (χ1n) is 7.52. The number of Topliss-reactive ketones (excluding diaryl/α,β-unsaturated/α-hetero) is 1. The first-order chi connectivity index (χ1) is 10.7. The summed E-state index contributed by atoms with van der Waals surface area (Å²) in [7, 11) is 0. The Balaban J connectivity index is 0.000000131. The van der Waals surface area contributed by atoms with E-state index >= 15 is 0 Å². The molecule has 2 saturated heterocycles. The molecule has 2 aromatic carbocycles. The molecule has 4 heteroatoms. The van der Waals surface area contributed by atoms with Crippen LogP contribution < -0.4 is 9.80 Å². The maximum atomic E-state index is 10.6. The first-order valence-corrected chi connectivity index (χ1v) is 7.52. The number of para-hydroxylation sites is 2. The monoisotopic (exact) mass is 296 g/mol. The smallest absolute Gasteiger partial charge is 0.171 e. The van der Waals surface area contributed by atoms with Crippen molar-refractivity contribution in [2.24, 2.45) is 0 Å². The van der Waals surface area contributed by atoms with Gasteiger partial charge in [0, 0.05) is 24.5 Å². The van der Waals surface area contributed by atoms with Crippen LogP contribution in [0.25, 0.3) is 0 Å². The minimum atomic E-state index is -0.116. The third kappa shape index (κ3) is 3.46. The molecule has 4 rings (SSSR count). The molecule has 0 aromatic heterocycles. The zero-order valence-electron chi connectivity index (χ0n) is 12.4. The molecule has 2 aromatic rings. The molecule has 0 spiro atoms. The molecule has 0 amide bonds. The number of aliphatic hydroxyl groups excluding tert-OH is 1. The minimum Gasteiger partial charge on any atom is -0.389 e. The molecule has 0 radical (unpaired) electrons. The number of hydrogen-bond donors (Lipinski definition) is 1. The van der Waals surface area contributed by atoms with Crippen molar-refractivity contribution in [3.8, 4) is 0 Å². The van der Waals surface area contributed by atoms with Gasteiger partial charge in [0.1, 0.15) is 0 Å². The van der Waals surface area contributed by atoms with Crippen molar-refractivity contribution in [1.82, 2.24) is 0 Å². The van der Waals surface area contributed by atoms with Gasteiger partial charge in [-0.3, -0.25) is 4.79 Å². The van der Waals surface area contributed by atoms with Crippen molar-refractivity contribution in [3.63, 3.8) is 0 Å². The lowest BCUT2D eigenvalue weighted by Gasteiger charge is -2.37. The van der Waals surface area contributed by atoms with Crippen molar-refractivity contribution < 1.29 is 9.90 Å². The van der Waals surface area contributed by atoms with Crippen LogP contribution in [0.5, 0.6) is 0 Å². The molecular weight excluding hydrogens is 276 g/mol. The number of benzene rings is 2. The van der Waals surface area contributed by atoms with Crippen LogP contribution in [-0.2, 0) is 4.79 Å².